The Morgan fingerprint density at radius 1 is 1.50 bits per heavy atom. The Morgan fingerprint density at radius 2 is 2.31 bits per heavy atom. The molecule has 2 aliphatic rings. The lowest BCUT2D eigenvalue weighted by Crippen LogP contribution is -2.18. The third kappa shape index (κ3) is 2.24. The van der Waals surface area contributed by atoms with Crippen molar-refractivity contribution >= 4 is 22.6 Å². The molecule has 0 bridgehead atoms. The molecule has 0 N–H and O–H groups in total. The van der Waals surface area contributed by atoms with Crippen molar-refractivity contribution in [2.75, 3.05) is 0 Å². The molecule has 1 heteroatoms. The minimum absolute atomic E-state index is 0.528. The van der Waals surface area contributed by atoms with E-state index < -0.39 is 0 Å². The number of halogens is 1. The minimum atomic E-state index is 0.528. The molecule has 2 rings (SSSR count). The summed E-state index contributed by atoms with van der Waals surface area (Å²) in [5, 5.41) is 0. The smallest absolute Gasteiger partial charge is 0.0145 e. The Labute approximate surface area is 112 Å². The highest BCUT2D eigenvalue weighted by molar-refractivity contribution is 14.1. The molecule has 0 aromatic heterocycles. The summed E-state index contributed by atoms with van der Waals surface area (Å²) in [4.78, 5) is 0. The van der Waals surface area contributed by atoms with Crippen LogP contribution in [0.1, 0.15) is 19.8 Å². The topological polar surface area (TPSA) is 0 Å². The van der Waals surface area contributed by atoms with Gasteiger partial charge in [0.25, 0.3) is 0 Å². The van der Waals surface area contributed by atoms with Crippen molar-refractivity contribution in [2.45, 2.75) is 19.8 Å². The van der Waals surface area contributed by atoms with E-state index in [0.717, 1.165) is 0 Å². The van der Waals surface area contributed by atoms with Crippen LogP contribution in [0.25, 0.3) is 0 Å². The zero-order valence-corrected chi connectivity index (χ0v) is 11.8. The Balaban J connectivity index is 2.32. The highest BCUT2D eigenvalue weighted by Crippen LogP contribution is 2.41. The average molecular weight is 324 g/mol. The molecule has 2 unspecified atom stereocenters. The van der Waals surface area contributed by atoms with E-state index >= 15 is 0 Å². The molecule has 0 radical (unpaired) electrons. The Bertz CT molecular complexity index is 407. The monoisotopic (exact) mass is 324 g/mol. The van der Waals surface area contributed by atoms with Crippen LogP contribution in [0.2, 0.25) is 0 Å². The molecular formula is C15H17I. The van der Waals surface area contributed by atoms with Gasteiger partial charge in [-0.2, -0.15) is 0 Å². The summed E-state index contributed by atoms with van der Waals surface area (Å²) < 4.78 is 1.46. The van der Waals surface area contributed by atoms with Crippen molar-refractivity contribution in [3.05, 3.63) is 57.8 Å². The minimum Gasteiger partial charge on any atom is -0.0991 e. The second kappa shape index (κ2) is 5.17. The molecule has 0 saturated heterocycles. The molecule has 0 aliphatic heterocycles. The van der Waals surface area contributed by atoms with Gasteiger partial charge in [0.05, 0.1) is 0 Å². The van der Waals surface area contributed by atoms with Crippen LogP contribution in [0.5, 0.6) is 0 Å². The third-order valence-electron chi connectivity index (χ3n) is 3.36. The van der Waals surface area contributed by atoms with Gasteiger partial charge in [0.2, 0.25) is 0 Å². The summed E-state index contributed by atoms with van der Waals surface area (Å²) in [7, 11) is 0. The fourth-order valence-electron chi connectivity index (χ4n) is 2.45. The van der Waals surface area contributed by atoms with Crippen LogP contribution in [0.3, 0.4) is 0 Å². The van der Waals surface area contributed by atoms with Gasteiger partial charge in [-0.15, -0.1) is 0 Å². The lowest BCUT2D eigenvalue weighted by Gasteiger charge is -2.30. The van der Waals surface area contributed by atoms with Gasteiger partial charge in [-0.3, -0.25) is 0 Å². The summed E-state index contributed by atoms with van der Waals surface area (Å²) in [6.07, 6.45) is 15.6. The molecule has 0 heterocycles. The average Bonchev–Trinajstić information content (AvgIpc) is 2.29. The zero-order chi connectivity index (χ0) is 11.5. The predicted octanol–water partition coefficient (Wildman–Crippen LogP) is 4.96. The molecule has 16 heavy (non-hydrogen) atoms. The van der Waals surface area contributed by atoms with Gasteiger partial charge in [0.1, 0.15) is 0 Å². The largest absolute Gasteiger partial charge is 0.0991 e. The fourth-order valence-corrected chi connectivity index (χ4v) is 3.57. The molecule has 2 aliphatic carbocycles. The molecule has 0 spiro atoms. The molecule has 0 saturated carbocycles. The number of rotatable bonds is 2. The first-order valence-electron chi connectivity index (χ1n) is 5.80. The first kappa shape index (κ1) is 11.9. The third-order valence-corrected chi connectivity index (χ3v) is 4.39. The van der Waals surface area contributed by atoms with E-state index in [1.165, 1.54) is 22.0 Å². The van der Waals surface area contributed by atoms with Crippen molar-refractivity contribution < 1.29 is 0 Å². The van der Waals surface area contributed by atoms with Crippen LogP contribution in [-0.2, 0) is 0 Å². The SMILES string of the molecule is C=C/C=C\C1C(I)=CC2=C(C=CCC2)C1C. The van der Waals surface area contributed by atoms with E-state index in [1.807, 2.05) is 6.08 Å². The number of hydrogen-bond acceptors (Lipinski definition) is 0. The van der Waals surface area contributed by atoms with Crippen LogP contribution >= 0.6 is 22.6 Å². The maximum Gasteiger partial charge on any atom is 0.0145 e. The van der Waals surface area contributed by atoms with Crippen molar-refractivity contribution in [1.82, 2.24) is 0 Å². The van der Waals surface area contributed by atoms with Crippen LogP contribution in [0.15, 0.2) is 57.8 Å². The standard InChI is InChI=1S/C15H17I/c1-3-4-8-14-11(2)13-9-6-5-7-12(13)10-15(14)16/h3-4,6,8-11,14H,1,5,7H2,2H3/b8-4-. The summed E-state index contributed by atoms with van der Waals surface area (Å²) in [6, 6.07) is 0. The van der Waals surface area contributed by atoms with E-state index in [0.29, 0.717) is 11.8 Å². The van der Waals surface area contributed by atoms with Crippen molar-refractivity contribution in [2.24, 2.45) is 11.8 Å². The first-order chi connectivity index (χ1) is 7.74. The summed E-state index contributed by atoms with van der Waals surface area (Å²) >= 11 is 2.48. The summed E-state index contributed by atoms with van der Waals surface area (Å²) in [5.41, 5.74) is 3.08. The molecule has 0 aromatic carbocycles. The maximum absolute atomic E-state index is 3.74. The van der Waals surface area contributed by atoms with Gasteiger partial charge in [-0.1, -0.05) is 43.9 Å². The quantitative estimate of drug-likeness (QED) is 0.497. The summed E-state index contributed by atoms with van der Waals surface area (Å²) in [5.74, 6) is 1.12. The second-order valence-corrected chi connectivity index (χ2v) is 5.63. The van der Waals surface area contributed by atoms with Crippen LogP contribution in [0.4, 0.5) is 0 Å². The highest BCUT2D eigenvalue weighted by Gasteiger charge is 2.26. The Morgan fingerprint density at radius 3 is 3.06 bits per heavy atom. The van der Waals surface area contributed by atoms with E-state index in [4.69, 9.17) is 0 Å². The summed E-state index contributed by atoms with van der Waals surface area (Å²) in [6.45, 7) is 6.07. The molecule has 84 valence electrons. The molecular weight excluding hydrogens is 307 g/mol. The maximum atomic E-state index is 3.74. The number of hydrogen-bond donors (Lipinski definition) is 0. The van der Waals surface area contributed by atoms with Gasteiger partial charge in [0.15, 0.2) is 0 Å². The Kier molecular flexibility index (Phi) is 3.85. The Hall–Kier alpha value is -0.570. The van der Waals surface area contributed by atoms with Crippen LogP contribution in [0, 0.1) is 11.8 Å². The molecule has 0 aromatic rings. The van der Waals surface area contributed by atoms with E-state index in [2.05, 4.69) is 66.5 Å². The van der Waals surface area contributed by atoms with E-state index in [-0.39, 0.29) is 0 Å². The van der Waals surface area contributed by atoms with Crippen LogP contribution in [-0.4, -0.2) is 0 Å². The van der Waals surface area contributed by atoms with Crippen LogP contribution < -0.4 is 0 Å². The number of allylic oxidation sites excluding steroid dienone is 9. The van der Waals surface area contributed by atoms with Crippen molar-refractivity contribution in [3.63, 3.8) is 0 Å². The highest BCUT2D eigenvalue weighted by atomic mass is 127. The van der Waals surface area contributed by atoms with Gasteiger partial charge < -0.3 is 0 Å². The first-order valence-corrected chi connectivity index (χ1v) is 6.88. The lowest BCUT2D eigenvalue weighted by molar-refractivity contribution is 0.566. The molecule has 0 nitrogen and oxygen atoms in total. The van der Waals surface area contributed by atoms with Gasteiger partial charge in [0, 0.05) is 5.92 Å². The van der Waals surface area contributed by atoms with Crippen molar-refractivity contribution in [1.29, 1.82) is 0 Å². The van der Waals surface area contributed by atoms with E-state index in [9.17, 15) is 0 Å². The fraction of sp³-hybridized carbons (Fsp3) is 0.333. The molecule has 0 fully saturated rings. The zero-order valence-electron chi connectivity index (χ0n) is 9.62. The lowest BCUT2D eigenvalue weighted by atomic mass is 9.77. The van der Waals surface area contributed by atoms with E-state index in [1.54, 1.807) is 5.57 Å². The molecule has 2 atom stereocenters. The predicted molar refractivity (Wildman–Crippen MR) is 79.5 cm³/mol. The normalized spacial score (nSPS) is 29.2. The molecule has 0 amide bonds. The van der Waals surface area contributed by atoms with Gasteiger partial charge in [-0.25, -0.2) is 0 Å². The van der Waals surface area contributed by atoms with Gasteiger partial charge in [-0.05, 0) is 62.2 Å². The second-order valence-electron chi connectivity index (χ2n) is 4.39. The van der Waals surface area contributed by atoms with Crippen molar-refractivity contribution in [3.8, 4) is 0 Å². The van der Waals surface area contributed by atoms with Gasteiger partial charge >= 0.3 is 0 Å².